The number of hydrogen-bond acceptors (Lipinski definition) is 2. The van der Waals surface area contributed by atoms with Gasteiger partial charge >= 0.3 is 0 Å². The molecule has 0 spiro atoms. The second-order valence-electron chi connectivity index (χ2n) is 4.54. The zero-order valence-electron chi connectivity index (χ0n) is 9.90. The Hall–Kier alpha value is -0.740. The lowest BCUT2D eigenvalue weighted by Crippen LogP contribution is -2.12. The molecule has 0 bridgehead atoms. The first-order chi connectivity index (χ1) is 8.78. The molecule has 1 aliphatic rings. The molecule has 0 radical (unpaired) electrons. The Labute approximate surface area is 115 Å². The van der Waals surface area contributed by atoms with Crippen LogP contribution in [0.2, 0.25) is 0 Å². The van der Waals surface area contributed by atoms with Crippen LogP contribution in [-0.2, 0) is 12.4 Å². The van der Waals surface area contributed by atoms with Crippen molar-refractivity contribution in [2.75, 3.05) is 5.75 Å². The number of imidazole rings is 1. The first-order valence-corrected chi connectivity index (χ1v) is 7.68. The Balaban J connectivity index is 2.03. The minimum absolute atomic E-state index is 0.219. The molecule has 1 aromatic heterocycles. The molecule has 1 aromatic carbocycles. The van der Waals surface area contributed by atoms with Gasteiger partial charge < -0.3 is 4.57 Å². The topological polar surface area (TPSA) is 17.8 Å². The highest BCUT2D eigenvalue weighted by Crippen LogP contribution is 2.29. The maximum absolute atomic E-state index is 13.4. The summed E-state index contributed by atoms with van der Waals surface area (Å²) >= 11 is 7.93. The van der Waals surface area contributed by atoms with Gasteiger partial charge in [0.1, 0.15) is 11.6 Å². The summed E-state index contributed by atoms with van der Waals surface area (Å²) in [5, 5.41) is 0.604. The van der Waals surface area contributed by atoms with Crippen LogP contribution in [0, 0.1) is 5.82 Å². The molecule has 1 aliphatic heterocycles. The average Bonchev–Trinajstić information content (AvgIpc) is 2.98. The first kappa shape index (κ1) is 12.3. The van der Waals surface area contributed by atoms with E-state index in [0.717, 1.165) is 23.4 Å². The molecular formula is C13H14ClFN2S. The zero-order chi connectivity index (χ0) is 12.5. The number of benzene rings is 1. The summed E-state index contributed by atoms with van der Waals surface area (Å²) in [6, 6.07) is 4.72. The van der Waals surface area contributed by atoms with Gasteiger partial charge in [-0.2, -0.15) is 11.8 Å². The van der Waals surface area contributed by atoms with Crippen molar-refractivity contribution >= 4 is 34.4 Å². The molecule has 1 unspecified atom stereocenters. The summed E-state index contributed by atoms with van der Waals surface area (Å²) in [4.78, 5) is 4.47. The third kappa shape index (κ3) is 2.24. The van der Waals surface area contributed by atoms with Gasteiger partial charge in [-0.05, 0) is 36.8 Å². The Bertz CT molecular complexity index is 563. The van der Waals surface area contributed by atoms with Crippen LogP contribution >= 0.6 is 23.4 Å². The average molecular weight is 285 g/mol. The Morgan fingerprint density at radius 2 is 2.39 bits per heavy atom. The van der Waals surface area contributed by atoms with Crippen molar-refractivity contribution < 1.29 is 4.39 Å². The van der Waals surface area contributed by atoms with E-state index in [9.17, 15) is 4.39 Å². The fraction of sp³-hybridized carbons (Fsp3) is 0.462. The van der Waals surface area contributed by atoms with Gasteiger partial charge in [0.05, 0.1) is 16.9 Å². The minimum atomic E-state index is -0.219. The molecule has 0 saturated carbocycles. The van der Waals surface area contributed by atoms with E-state index in [0.29, 0.717) is 11.1 Å². The second-order valence-corrected chi connectivity index (χ2v) is 6.22. The van der Waals surface area contributed by atoms with Crippen molar-refractivity contribution in [2.45, 2.75) is 30.5 Å². The number of halogens is 2. The SMILES string of the molecule is Fc1ccc2nc(CCl)n(CC3CCCS3)c2c1. The number of thioether (sulfide) groups is 1. The van der Waals surface area contributed by atoms with Crippen LogP contribution in [0.4, 0.5) is 4.39 Å². The normalized spacial score (nSPS) is 19.8. The molecule has 2 nitrogen and oxygen atoms in total. The van der Waals surface area contributed by atoms with Crippen molar-refractivity contribution in [2.24, 2.45) is 0 Å². The smallest absolute Gasteiger partial charge is 0.125 e. The highest BCUT2D eigenvalue weighted by Gasteiger charge is 2.19. The first-order valence-electron chi connectivity index (χ1n) is 6.10. The van der Waals surface area contributed by atoms with Gasteiger partial charge in [0, 0.05) is 11.8 Å². The van der Waals surface area contributed by atoms with Gasteiger partial charge in [-0.3, -0.25) is 0 Å². The molecule has 2 heterocycles. The van der Waals surface area contributed by atoms with E-state index >= 15 is 0 Å². The maximum atomic E-state index is 13.4. The number of nitrogens with zero attached hydrogens (tertiary/aromatic N) is 2. The van der Waals surface area contributed by atoms with Gasteiger partial charge in [-0.25, -0.2) is 9.37 Å². The number of hydrogen-bond donors (Lipinski definition) is 0. The van der Waals surface area contributed by atoms with Crippen LogP contribution in [-0.4, -0.2) is 20.6 Å². The van der Waals surface area contributed by atoms with Crippen molar-refractivity contribution in [3.63, 3.8) is 0 Å². The van der Waals surface area contributed by atoms with Crippen LogP contribution < -0.4 is 0 Å². The lowest BCUT2D eigenvalue weighted by atomic mass is 10.2. The van der Waals surface area contributed by atoms with Crippen molar-refractivity contribution in [1.82, 2.24) is 9.55 Å². The largest absolute Gasteiger partial charge is 0.326 e. The van der Waals surface area contributed by atoms with E-state index in [1.807, 2.05) is 11.8 Å². The van der Waals surface area contributed by atoms with Gasteiger partial charge in [0.2, 0.25) is 0 Å². The molecule has 3 rings (SSSR count). The van der Waals surface area contributed by atoms with E-state index in [-0.39, 0.29) is 5.82 Å². The van der Waals surface area contributed by atoms with Gasteiger partial charge in [0.15, 0.2) is 0 Å². The van der Waals surface area contributed by atoms with E-state index in [1.165, 1.54) is 24.7 Å². The quantitative estimate of drug-likeness (QED) is 0.798. The third-order valence-electron chi connectivity index (χ3n) is 3.32. The predicted molar refractivity (Wildman–Crippen MR) is 74.7 cm³/mol. The van der Waals surface area contributed by atoms with Crippen molar-refractivity contribution in [1.29, 1.82) is 0 Å². The van der Waals surface area contributed by atoms with Crippen LogP contribution in [0.5, 0.6) is 0 Å². The van der Waals surface area contributed by atoms with Crippen LogP contribution in [0.15, 0.2) is 18.2 Å². The summed E-state index contributed by atoms with van der Waals surface area (Å²) in [6.07, 6.45) is 2.49. The molecule has 1 atom stereocenters. The van der Waals surface area contributed by atoms with Gasteiger partial charge in [-0.1, -0.05) is 0 Å². The predicted octanol–water partition coefficient (Wildman–Crippen LogP) is 3.81. The van der Waals surface area contributed by atoms with Crippen molar-refractivity contribution in [3.8, 4) is 0 Å². The van der Waals surface area contributed by atoms with Gasteiger partial charge in [0.25, 0.3) is 0 Å². The van der Waals surface area contributed by atoms with Crippen LogP contribution in [0.25, 0.3) is 11.0 Å². The van der Waals surface area contributed by atoms with Gasteiger partial charge in [-0.15, -0.1) is 11.6 Å². The van der Waals surface area contributed by atoms with Crippen LogP contribution in [0.1, 0.15) is 18.7 Å². The summed E-state index contributed by atoms with van der Waals surface area (Å²) in [6.45, 7) is 0.882. The van der Waals surface area contributed by atoms with E-state index < -0.39 is 0 Å². The molecule has 1 saturated heterocycles. The lowest BCUT2D eigenvalue weighted by Gasteiger charge is -2.12. The molecule has 5 heteroatoms. The molecule has 2 aromatic rings. The maximum Gasteiger partial charge on any atom is 0.125 e. The third-order valence-corrected chi connectivity index (χ3v) is 4.94. The monoisotopic (exact) mass is 284 g/mol. The lowest BCUT2D eigenvalue weighted by molar-refractivity contribution is 0.620. The standard InChI is InChI=1S/C13H14ClFN2S/c14-7-13-16-11-4-3-9(15)6-12(11)17(13)8-10-2-1-5-18-10/h3-4,6,10H,1-2,5,7-8H2. The molecule has 18 heavy (non-hydrogen) atoms. The molecule has 0 amide bonds. The Morgan fingerprint density at radius 3 is 3.11 bits per heavy atom. The molecule has 96 valence electrons. The summed E-state index contributed by atoms with van der Waals surface area (Å²) < 4.78 is 15.4. The highest BCUT2D eigenvalue weighted by atomic mass is 35.5. The number of alkyl halides is 1. The van der Waals surface area contributed by atoms with E-state index in [2.05, 4.69) is 9.55 Å². The summed E-state index contributed by atoms with van der Waals surface area (Å²) in [7, 11) is 0. The molecular weight excluding hydrogens is 271 g/mol. The number of aromatic nitrogens is 2. The molecule has 1 fully saturated rings. The molecule has 0 N–H and O–H groups in total. The fourth-order valence-corrected chi connectivity index (χ4v) is 3.90. The number of fused-ring (bicyclic) bond motifs is 1. The highest BCUT2D eigenvalue weighted by molar-refractivity contribution is 8.00. The van der Waals surface area contributed by atoms with E-state index in [4.69, 9.17) is 11.6 Å². The Kier molecular flexibility index (Phi) is 3.48. The second kappa shape index (κ2) is 5.10. The van der Waals surface area contributed by atoms with Crippen molar-refractivity contribution in [3.05, 3.63) is 29.8 Å². The summed E-state index contributed by atoms with van der Waals surface area (Å²) in [5.41, 5.74) is 1.69. The minimum Gasteiger partial charge on any atom is -0.326 e. The number of rotatable bonds is 3. The zero-order valence-corrected chi connectivity index (χ0v) is 11.5. The van der Waals surface area contributed by atoms with E-state index in [1.54, 1.807) is 12.1 Å². The Morgan fingerprint density at radius 1 is 1.50 bits per heavy atom. The fourth-order valence-electron chi connectivity index (χ4n) is 2.44. The summed E-state index contributed by atoms with van der Waals surface area (Å²) in [5.74, 6) is 2.21. The van der Waals surface area contributed by atoms with Crippen LogP contribution in [0.3, 0.4) is 0 Å². The molecule has 0 aliphatic carbocycles.